The van der Waals surface area contributed by atoms with Crippen LogP contribution in [-0.4, -0.2) is 129 Å². The van der Waals surface area contributed by atoms with Crippen molar-refractivity contribution in [1.29, 1.82) is 0 Å². The molecule has 13 N–H and O–H groups in total. The maximum Gasteiger partial charge on any atom is 0.326 e. The number of carboxylic acid groups (broad SMARTS) is 3. The van der Waals surface area contributed by atoms with Gasteiger partial charge in [0.25, 0.3) is 0 Å². The molecule has 0 spiro atoms. The van der Waals surface area contributed by atoms with Crippen molar-refractivity contribution >= 4 is 65.1 Å². The minimum atomic E-state index is -1.85. The van der Waals surface area contributed by atoms with Gasteiger partial charge in [0.1, 0.15) is 30.2 Å². The Morgan fingerprint density at radius 3 is 1.61 bits per heavy atom. The number of thioether (sulfide) groups is 1. The van der Waals surface area contributed by atoms with Crippen molar-refractivity contribution in [3.8, 4) is 0 Å². The molecule has 278 valence electrons. The molecule has 0 heterocycles. The molecule has 0 aromatic heterocycles. The highest BCUT2D eigenvalue weighted by Crippen LogP contribution is 2.08. The lowest BCUT2D eigenvalue weighted by atomic mass is 10.0. The van der Waals surface area contributed by atoms with Gasteiger partial charge in [-0.2, -0.15) is 11.8 Å². The van der Waals surface area contributed by atoms with Gasteiger partial charge in [-0.1, -0.05) is 13.8 Å². The van der Waals surface area contributed by atoms with Crippen LogP contribution in [0.25, 0.3) is 0 Å². The number of aliphatic carboxylic acids is 3. The fraction of sp³-hybridized carbons (Fsp3) is 0.679. The van der Waals surface area contributed by atoms with E-state index in [2.05, 4.69) is 26.6 Å². The summed E-state index contributed by atoms with van der Waals surface area (Å²) in [6, 6.07) is -9.08. The number of primary amides is 1. The Hall–Kier alpha value is -4.50. The minimum Gasteiger partial charge on any atom is -0.481 e. The summed E-state index contributed by atoms with van der Waals surface area (Å²) in [5.74, 6) is -10.1. The second-order valence-corrected chi connectivity index (χ2v) is 12.4. The van der Waals surface area contributed by atoms with E-state index in [4.69, 9.17) is 16.6 Å². The van der Waals surface area contributed by atoms with Gasteiger partial charge in [0.15, 0.2) is 0 Å². The Morgan fingerprint density at radius 2 is 1.12 bits per heavy atom. The van der Waals surface area contributed by atoms with Crippen molar-refractivity contribution in [2.45, 2.75) is 95.0 Å². The molecule has 0 aromatic rings. The molecule has 0 radical (unpaired) electrons. The number of aliphatic hydroxyl groups excluding tert-OH is 1. The number of hydrogen-bond donors (Lipinski definition) is 11. The van der Waals surface area contributed by atoms with Crippen LogP contribution >= 0.6 is 11.8 Å². The maximum absolute atomic E-state index is 13.2. The van der Waals surface area contributed by atoms with Crippen LogP contribution in [0.5, 0.6) is 0 Å². The first-order valence-corrected chi connectivity index (χ1v) is 16.5. The highest BCUT2D eigenvalue weighted by Gasteiger charge is 2.33. The van der Waals surface area contributed by atoms with Gasteiger partial charge in [-0.15, -0.1) is 0 Å². The second kappa shape index (κ2) is 23.0. The number of carbonyl (C=O) groups excluding carboxylic acids is 6. The Bertz CT molecular complexity index is 1200. The van der Waals surface area contributed by atoms with E-state index in [-0.39, 0.29) is 37.4 Å². The molecule has 0 aromatic carbocycles. The molecule has 0 rings (SSSR count). The molecule has 21 heteroatoms. The zero-order valence-electron chi connectivity index (χ0n) is 27.4. The van der Waals surface area contributed by atoms with Crippen LogP contribution in [0.4, 0.5) is 0 Å². The summed E-state index contributed by atoms with van der Waals surface area (Å²) >= 11 is 1.26. The zero-order chi connectivity index (χ0) is 37.8. The van der Waals surface area contributed by atoms with Crippen LogP contribution in [0.2, 0.25) is 0 Å². The molecule has 0 saturated carbocycles. The summed E-state index contributed by atoms with van der Waals surface area (Å²) in [5.41, 5.74) is 10.8. The zero-order valence-corrected chi connectivity index (χ0v) is 28.2. The third-order valence-corrected chi connectivity index (χ3v) is 7.35. The quantitative estimate of drug-likeness (QED) is 0.0431. The number of nitrogens with one attached hydrogen (secondary N) is 5. The van der Waals surface area contributed by atoms with E-state index in [9.17, 15) is 58.5 Å². The van der Waals surface area contributed by atoms with Crippen LogP contribution < -0.4 is 38.1 Å². The van der Waals surface area contributed by atoms with E-state index >= 15 is 0 Å². The summed E-state index contributed by atoms with van der Waals surface area (Å²) in [6.07, 6.45) is -0.672. The Balaban J connectivity index is 5.88. The highest BCUT2D eigenvalue weighted by atomic mass is 32.2. The number of nitrogens with two attached hydrogens (primary N) is 2. The molecular weight excluding hydrogens is 674 g/mol. The van der Waals surface area contributed by atoms with E-state index in [0.717, 1.165) is 0 Å². The van der Waals surface area contributed by atoms with Gasteiger partial charge in [0, 0.05) is 12.8 Å². The van der Waals surface area contributed by atoms with E-state index in [0.29, 0.717) is 0 Å². The first-order chi connectivity index (χ1) is 22.8. The van der Waals surface area contributed by atoms with Gasteiger partial charge in [-0.25, -0.2) is 4.79 Å². The van der Waals surface area contributed by atoms with Crippen molar-refractivity contribution in [3.63, 3.8) is 0 Å². The molecule has 6 amide bonds. The lowest BCUT2D eigenvalue weighted by Crippen LogP contribution is -2.60. The summed E-state index contributed by atoms with van der Waals surface area (Å²) in [5, 5.41) is 48.7. The Morgan fingerprint density at radius 1 is 0.633 bits per heavy atom. The number of carbonyl (C=O) groups is 9. The predicted octanol–water partition coefficient (Wildman–Crippen LogP) is -3.78. The monoisotopic (exact) mass is 721 g/mol. The van der Waals surface area contributed by atoms with Crippen LogP contribution in [-0.2, 0) is 43.2 Å². The first kappa shape index (κ1) is 44.5. The van der Waals surface area contributed by atoms with Crippen molar-refractivity contribution < 1.29 is 63.6 Å². The van der Waals surface area contributed by atoms with Gasteiger partial charge >= 0.3 is 17.9 Å². The molecule has 0 bridgehead atoms. The number of amides is 6. The fourth-order valence-electron chi connectivity index (χ4n) is 4.11. The topological polar surface area (TPSA) is 347 Å². The second-order valence-electron chi connectivity index (χ2n) is 11.4. The first-order valence-electron chi connectivity index (χ1n) is 15.1. The summed E-state index contributed by atoms with van der Waals surface area (Å²) in [6.45, 7) is 2.44. The smallest absolute Gasteiger partial charge is 0.326 e. The molecule has 6 atom stereocenters. The predicted molar refractivity (Wildman–Crippen MR) is 172 cm³/mol. The molecule has 0 saturated heterocycles. The summed E-state index contributed by atoms with van der Waals surface area (Å²) in [7, 11) is 0. The Labute approximate surface area is 286 Å². The van der Waals surface area contributed by atoms with Gasteiger partial charge in [0.2, 0.25) is 35.4 Å². The van der Waals surface area contributed by atoms with Gasteiger partial charge < -0.3 is 58.5 Å². The molecule has 0 aliphatic heterocycles. The largest absolute Gasteiger partial charge is 0.481 e. The molecule has 49 heavy (non-hydrogen) atoms. The standard InChI is InChI=1S/C28H47N7O13S/c1-13(2)10-17(33-23(42)14(29)4-6-20(30)37)25(44)35-19(12-36)27(46)34-18(11-22(40)41)26(45)31-15(8-9-49-3)24(43)32-16(28(47)48)5-7-21(38)39/h13-19,36H,4-12,29H2,1-3H3,(H2,30,37)(H,31,45)(H,32,43)(H,33,42)(H,34,46)(H,35,44)(H,38,39)(H,40,41)(H,47,48)/t14-,15-,16-,17-,18-,19-/m0/s1. The van der Waals surface area contributed by atoms with Crippen LogP contribution in [0.3, 0.4) is 0 Å². The van der Waals surface area contributed by atoms with Gasteiger partial charge in [-0.05, 0) is 43.6 Å². The molecule has 0 unspecified atom stereocenters. The van der Waals surface area contributed by atoms with E-state index in [1.807, 2.05) is 0 Å². The summed E-state index contributed by atoms with van der Waals surface area (Å²) < 4.78 is 0. The third-order valence-electron chi connectivity index (χ3n) is 6.71. The average Bonchev–Trinajstić information content (AvgIpc) is 3.00. The average molecular weight is 722 g/mol. The third kappa shape index (κ3) is 18.6. The van der Waals surface area contributed by atoms with E-state index in [1.165, 1.54) is 11.8 Å². The van der Waals surface area contributed by atoms with Crippen molar-refractivity contribution in [2.24, 2.45) is 17.4 Å². The van der Waals surface area contributed by atoms with Crippen LogP contribution in [0.1, 0.15) is 58.8 Å². The van der Waals surface area contributed by atoms with Gasteiger partial charge in [0.05, 0.1) is 19.1 Å². The number of aliphatic hydroxyl groups is 1. The van der Waals surface area contributed by atoms with Crippen molar-refractivity contribution in [2.75, 3.05) is 18.6 Å². The normalized spacial score (nSPS) is 14.6. The molecule has 0 aliphatic carbocycles. The number of hydrogen-bond acceptors (Lipinski definition) is 12. The van der Waals surface area contributed by atoms with E-state index < -0.39 is 115 Å². The molecule has 20 nitrogen and oxygen atoms in total. The maximum atomic E-state index is 13.2. The minimum absolute atomic E-state index is 0.0580. The van der Waals surface area contributed by atoms with Crippen LogP contribution in [0, 0.1) is 5.92 Å². The van der Waals surface area contributed by atoms with Crippen molar-refractivity contribution in [3.05, 3.63) is 0 Å². The lowest BCUT2D eigenvalue weighted by molar-refractivity contribution is -0.144. The van der Waals surface area contributed by atoms with Gasteiger partial charge in [-0.3, -0.25) is 38.4 Å². The fourth-order valence-corrected chi connectivity index (χ4v) is 4.58. The van der Waals surface area contributed by atoms with Crippen LogP contribution in [0.15, 0.2) is 0 Å². The number of rotatable bonds is 25. The molecule has 0 fully saturated rings. The molecule has 0 aliphatic rings. The molecular formula is C28H47N7O13S. The SMILES string of the molecule is CSCC[C@H](NC(=O)[C@H](CC(=O)O)NC(=O)[C@H](CO)NC(=O)[C@H](CC(C)C)NC(=O)[C@@H](N)CCC(N)=O)C(=O)N[C@@H](CCC(=O)O)C(=O)O. The lowest BCUT2D eigenvalue weighted by Gasteiger charge is -2.26. The van der Waals surface area contributed by atoms with Crippen molar-refractivity contribution in [1.82, 2.24) is 26.6 Å². The highest BCUT2D eigenvalue weighted by molar-refractivity contribution is 7.98. The Kier molecular flexibility index (Phi) is 20.9. The summed E-state index contributed by atoms with van der Waals surface area (Å²) in [4.78, 5) is 110. The number of carboxylic acids is 3. The van der Waals surface area contributed by atoms with E-state index in [1.54, 1.807) is 20.1 Å².